The fraction of sp³-hybridized carbons (Fsp3) is 0.571. The third-order valence-corrected chi connectivity index (χ3v) is 2.64. The van der Waals surface area contributed by atoms with Gasteiger partial charge in [0.05, 0.1) is 6.61 Å². The van der Waals surface area contributed by atoms with Crippen molar-refractivity contribution in [3.63, 3.8) is 0 Å². The average molecular weight is 237 g/mol. The molecule has 96 valence electrons. The normalized spacial score (nSPS) is 12.4. The summed E-state index contributed by atoms with van der Waals surface area (Å²) in [6.07, 6.45) is 1.03. The molecule has 17 heavy (non-hydrogen) atoms. The third kappa shape index (κ3) is 5.20. The van der Waals surface area contributed by atoms with E-state index in [-0.39, 0.29) is 0 Å². The maximum Gasteiger partial charge on any atom is 0.119 e. The van der Waals surface area contributed by atoms with Gasteiger partial charge in [0.15, 0.2) is 0 Å². The standard InChI is InChI=1S/C14H23NO2/c1-4-17-14-8-5-7-13(11-14)12(2)15-9-6-10-16-3/h5,7-8,11-12,15H,4,6,9-10H2,1-3H3/t12-/m0/s1. The third-order valence-electron chi connectivity index (χ3n) is 2.64. The number of hydrogen-bond donors (Lipinski definition) is 1. The van der Waals surface area contributed by atoms with Crippen molar-refractivity contribution in [2.75, 3.05) is 26.9 Å². The minimum Gasteiger partial charge on any atom is -0.494 e. The van der Waals surface area contributed by atoms with Gasteiger partial charge in [0, 0.05) is 19.8 Å². The van der Waals surface area contributed by atoms with Gasteiger partial charge in [-0.1, -0.05) is 12.1 Å². The summed E-state index contributed by atoms with van der Waals surface area (Å²) >= 11 is 0. The molecular formula is C14H23NO2. The molecule has 0 radical (unpaired) electrons. The maximum absolute atomic E-state index is 5.49. The Kier molecular flexibility index (Phi) is 6.67. The van der Waals surface area contributed by atoms with Crippen molar-refractivity contribution in [1.82, 2.24) is 5.32 Å². The van der Waals surface area contributed by atoms with Crippen molar-refractivity contribution < 1.29 is 9.47 Å². The second kappa shape index (κ2) is 8.09. The van der Waals surface area contributed by atoms with Gasteiger partial charge in [-0.05, 0) is 44.5 Å². The van der Waals surface area contributed by atoms with Crippen LogP contribution in [0.25, 0.3) is 0 Å². The van der Waals surface area contributed by atoms with E-state index in [0.717, 1.165) is 25.3 Å². The van der Waals surface area contributed by atoms with Crippen LogP contribution in [0, 0.1) is 0 Å². The van der Waals surface area contributed by atoms with Crippen LogP contribution < -0.4 is 10.1 Å². The highest BCUT2D eigenvalue weighted by molar-refractivity contribution is 5.30. The summed E-state index contributed by atoms with van der Waals surface area (Å²) in [5.41, 5.74) is 1.26. The van der Waals surface area contributed by atoms with Gasteiger partial charge < -0.3 is 14.8 Å². The Morgan fingerprint density at radius 2 is 2.18 bits per heavy atom. The molecule has 1 aromatic carbocycles. The zero-order valence-electron chi connectivity index (χ0n) is 11.0. The summed E-state index contributed by atoms with van der Waals surface area (Å²) in [4.78, 5) is 0. The summed E-state index contributed by atoms with van der Waals surface area (Å²) < 4.78 is 10.5. The summed E-state index contributed by atoms with van der Waals surface area (Å²) in [5, 5.41) is 3.47. The van der Waals surface area contributed by atoms with E-state index >= 15 is 0 Å². The quantitative estimate of drug-likeness (QED) is 0.705. The van der Waals surface area contributed by atoms with Gasteiger partial charge in [0.25, 0.3) is 0 Å². The molecule has 0 bridgehead atoms. The highest BCUT2D eigenvalue weighted by atomic mass is 16.5. The zero-order chi connectivity index (χ0) is 12.5. The van der Waals surface area contributed by atoms with E-state index in [0.29, 0.717) is 12.6 Å². The lowest BCUT2D eigenvalue weighted by molar-refractivity contribution is 0.193. The molecule has 0 aromatic heterocycles. The molecule has 0 aliphatic carbocycles. The van der Waals surface area contributed by atoms with Crippen molar-refractivity contribution in [3.05, 3.63) is 29.8 Å². The van der Waals surface area contributed by atoms with Gasteiger partial charge >= 0.3 is 0 Å². The van der Waals surface area contributed by atoms with Crippen LogP contribution in [0.5, 0.6) is 5.75 Å². The summed E-state index contributed by atoms with van der Waals surface area (Å²) in [6.45, 7) is 6.64. The molecule has 1 atom stereocenters. The first-order chi connectivity index (χ1) is 8.27. The number of ether oxygens (including phenoxy) is 2. The highest BCUT2D eigenvalue weighted by Gasteiger charge is 2.05. The Labute approximate surface area is 104 Å². The fourth-order valence-electron chi connectivity index (χ4n) is 1.69. The van der Waals surface area contributed by atoms with Gasteiger partial charge in [0.1, 0.15) is 5.75 Å². The highest BCUT2D eigenvalue weighted by Crippen LogP contribution is 2.18. The SMILES string of the molecule is CCOc1cccc([C@H](C)NCCCOC)c1. The lowest BCUT2D eigenvalue weighted by Crippen LogP contribution is -2.20. The number of nitrogens with one attached hydrogen (secondary N) is 1. The van der Waals surface area contributed by atoms with Crippen LogP contribution >= 0.6 is 0 Å². The predicted octanol–water partition coefficient (Wildman–Crippen LogP) is 2.77. The fourth-order valence-corrected chi connectivity index (χ4v) is 1.69. The second-order valence-electron chi connectivity index (χ2n) is 4.03. The van der Waals surface area contributed by atoms with Crippen molar-refractivity contribution in [2.45, 2.75) is 26.3 Å². The van der Waals surface area contributed by atoms with Gasteiger partial charge in [-0.3, -0.25) is 0 Å². The van der Waals surface area contributed by atoms with Gasteiger partial charge in [-0.15, -0.1) is 0 Å². The molecule has 0 unspecified atom stereocenters. The lowest BCUT2D eigenvalue weighted by Gasteiger charge is -2.15. The van der Waals surface area contributed by atoms with E-state index in [1.807, 2.05) is 19.1 Å². The first kappa shape index (κ1) is 14.0. The Hall–Kier alpha value is -1.06. The largest absolute Gasteiger partial charge is 0.494 e. The number of hydrogen-bond acceptors (Lipinski definition) is 3. The van der Waals surface area contributed by atoms with Crippen molar-refractivity contribution in [1.29, 1.82) is 0 Å². The topological polar surface area (TPSA) is 30.5 Å². The van der Waals surface area contributed by atoms with E-state index in [1.54, 1.807) is 7.11 Å². The van der Waals surface area contributed by atoms with E-state index < -0.39 is 0 Å². The van der Waals surface area contributed by atoms with E-state index in [9.17, 15) is 0 Å². The Morgan fingerprint density at radius 1 is 1.35 bits per heavy atom. The first-order valence-electron chi connectivity index (χ1n) is 6.23. The zero-order valence-corrected chi connectivity index (χ0v) is 11.0. The van der Waals surface area contributed by atoms with Crippen LogP contribution in [0.2, 0.25) is 0 Å². The molecule has 0 aliphatic heterocycles. The molecule has 0 aliphatic rings. The Bertz CT molecular complexity index is 315. The van der Waals surface area contributed by atoms with E-state index in [4.69, 9.17) is 9.47 Å². The number of benzene rings is 1. The van der Waals surface area contributed by atoms with Crippen molar-refractivity contribution >= 4 is 0 Å². The number of rotatable bonds is 8. The molecule has 0 saturated heterocycles. The van der Waals surface area contributed by atoms with Crippen molar-refractivity contribution in [2.24, 2.45) is 0 Å². The molecule has 0 fully saturated rings. The molecule has 1 aromatic rings. The van der Waals surface area contributed by atoms with Gasteiger partial charge in [0.2, 0.25) is 0 Å². The van der Waals surface area contributed by atoms with Crippen LogP contribution in [-0.4, -0.2) is 26.9 Å². The van der Waals surface area contributed by atoms with Crippen LogP contribution in [0.1, 0.15) is 31.9 Å². The average Bonchev–Trinajstić information content (AvgIpc) is 2.35. The van der Waals surface area contributed by atoms with Gasteiger partial charge in [-0.25, -0.2) is 0 Å². The Balaban J connectivity index is 2.44. The summed E-state index contributed by atoms with van der Waals surface area (Å²) in [6, 6.07) is 8.58. The molecule has 1 rings (SSSR count). The van der Waals surface area contributed by atoms with Crippen LogP contribution in [0.3, 0.4) is 0 Å². The molecule has 3 nitrogen and oxygen atoms in total. The molecule has 0 saturated carbocycles. The van der Waals surface area contributed by atoms with Crippen LogP contribution in [0.15, 0.2) is 24.3 Å². The van der Waals surface area contributed by atoms with E-state index in [1.165, 1.54) is 5.56 Å². The lowest BCUT2D eigenvalue weighted by atomic mass is 10.1. The molecule has 0 heterocycles. The first-order valence-corrected chi connectivity index (χ1v) is 6.23. The molecule has 1 N–H and O–H groups in total. The van der Waals surface area contributed by atoms with Gasteiger partial charge in [-0.2, -0.15) is 0 Å². The van der Waals surface area contributed by atoms with Crippen LogP contribution in [0.4, 0.5) is 0 Å². The monoisotopic (exact) mass is 237 g/mol. The minimum atomic E-state index is 0.340. The predicted molar refractivity (Wildman–Crippen MR) is 70.5 cm³/mol. The Morgan fingerprint density at radius 3 is 2.88 bits per heavy atom. The molecule has 0 amide bonds. The van der Waals surface area contributed by atoms with Crippen LogP contribution in [-0.2, 0) is 4.74 Å². The number of methoxy groups -OCH3 is 1. The van der Waals surface area contributed by atoms with E-state index in [2.05, 4.69) is 24.4 Å². The molecular weight excluding hydrogens is 214 g/mol. The van der Waals surface area contributed by atoms with Crippen molar-refractivity contribution in [3.8, 4) is 5.75 Å². The minimum absolute atomic E-state index is 0.340. The molecule has 0 spiro atoms. The molecule has 3 heteroatoms. The summed E-state index contributed by atoms with van der Waals surface area (Å²) in [7, 11) is 1.73. The smallest absolute Gasteiger partial charge is 0.119 e. The summed E-state index contributed by atoms with van der Waals surface area (Å²) in [5.74, 6) is 0.940. The maximum atomic E-state index is 5.49. The second-order valence-corrected chi connectivity index (χ2v) is 4.03.